The van der Waals surface area contributed by atoms with Crippen LogP contribution in [0.15, 0.2) is 0 Å². The van der Waals surface area contributed by atoms with Crippen LogP contribution in [0.4, 0.5) is 8.78 Å². The third kappa shape index (κ3) is 4.64. The SMILES string of the molecule is CCCNC(=O)C(CC(=O)N1CCC[C@H]1C(=O)O)C(F)F. The Balaban J connectivity index is 2.68. The molecule has 0 aromatic heterocycles. The summed E-state index contributed by atoms with van der Waals surface area (Å²) in [5.74, 6) is -4.47. The van der Waals surface area contributed by atoms with Gasteiger partial charge < -0.3 is 15.3 Å². The highest BCUT2D eigenvalue weighted by molar-refractivity contribution is 5.88. The van der Waals surface area contributed by atoms with E-state index in [1.807, 2.05) is 0 Å². The molecule has 1 unspecified atom stereocenters. The number of carboxylic acids is 1. The van der Waals surface area contributed by atoms with Gasteiger partial charge in [-0.05, 0) is 19.3 Å². The maximum absolute atomic E-state index is 12.9. The normalized spacial score (nSPS) is 19.6. The monoisotopic (exact) mass is 306 g/mol. The van der Waals surface area contributed by atoms with Crippen LogP contribution in [-0.2, 0) is 14.4 Å². The summed E-state index contributed by atoms with van der Waals surface area (Å²) in [6.45, 7) is 2.27. The van der Waals surface area contributed by atoms with Crippen LogP contribution in [0.1, 0.15) is 32.6 Å². The van der Waals surface area contributed by atoms with E-state index >= 15 is 0 Å². The average Bonchev–Trinajstić information content (AvgIpc) is 2.91. The van der Waals surface area contributed by atoms with Gasteiger partial charge in [0, 0.05) is 19.5 Å². The second kappa shape index (κ2) is 7.90. The molecular weight excluding hydrogens is 286 g/mol. The van der Waals surface area contributed by atoms with Crippen molar-refractivity contribution in [1.29, 1.82) is 0 Å². The molecule has 0 bridgehead atoms. The first-order valence-corrected chi connectivity index (χ1v) is 6.96. The van der Waals surface area contributed by atoms with Gasteiger partial charge in [0.15, 0.2) is 0 Å². The van der Waals surface area contributed by atoms with Crippen molar-refractivity contribution >= 4 is 17.8 Å². The third-order valence-corrected chi connectivity index (χ3v) is 3.44. The quantitative estimate of drug-likeness (QED) is 0.730. The minimum Gasteiger partial charge on any atom is -0.480 e. The number of halogens is 2. The van der Waals surface area contributed by atoms with Crippen LogP contribution in [0.5, 0.6) is 0 Å². The lowest BCUT2D eigenvalue weighted by atomic mass is 10.0. The predicted octanol–water partition coefficient (Wildman–Crippen LogP) is 0.860. The molecule has 2 amide bonds. The van der Waals surface area contributed by atoms with Gasteiger partial charge in [-0.2, -0.15) is 0 Å². The number of carboxylic acid groups (broad SMARTS) is 1. The molecule has 0 aromatic carbocycles. The Morgan fingerprint density at radius 1 is 1.38 bits per heavy atom. The van der Waals surface area contributed by atoms with Crippen molar-refractivity contribution in [2.24, 2.45) is 5.92 Å². The van der Waals surface area contributed by atoms with Crippen molar-refractivity contribution in [3.63, 3.8) is 0 Å². The van der Waals surface area contributed by atoms with Crippen molar-refractivity contribution in [3.05, 3.63) is 0 Å². The van der Waals surface area contributed by atoms with Crippen LogP contribution in [0.2, 0.25) is 0 Å². The number of amides is 2. The molecule has 0 aromatic rings. The first-order valence-electron chi connectivity index (χ1n) is 6.96. The Hall–Kier alpha value is -1.73. The standard InChI is InChI=1S/C13H20F2N2O4/c1-2-5-16-12(19)8(11(14)15)7-10(18)17-6-3-4-9(17)13(20)21/h8-9,11H,2-7H2,1H3,(H,16,19)(H,20,21)/t8?,9-/m0/s1. The van der Waals surface area contributed by atoms with Crippen molar-refractivity contribution in [2.45, 2.75) is 45.1 Å². The second-order valence-electron chi connectivity index (χ2n) is 5.02. The number of carbonyl (C=O) groups is 3. The highest BCUT2D eigenvalue weighted by atomic mass is 19.3. The minimum atomic E-state index is -2.96. The Labute approximate surface area is 121 Å². The summed E-state index contributed by atoms with van der Waals surface area (Å²) in [7, 11) is 0. The van der Waals surface area contributed by atoms with E-state index in [1.54, 1.807) is 6.92 Å². The maximum atomic E-state index is 12.9. The van der Waals surface area contributed by atoms with Crippen LogP contribution in [0.3, 0.4) is 0 Å². The first-order chi connectivity index (χ1) is 9.88. The van der Waals surface area contributed by atoms with Crippen LogP contribution >= 0.6 is 0 Å². The van der Waals surface area contributed by atoms with Gasteiger partial charge in [-0.25, -0.2) is 13.6 Å². The minimum absolute atomic E-state index is 0.225. The lowest BCUT2D eigenvalue weighted by Crippen LogP contribution is -2.44. The van der Waals surface area contributed by atoms with Gasteiger partial charge >= 0.3 is 5.97 Å². The molecule has 1 aliphatic heterocycles. The van der Waals surface area contributed by atoms with Gasteiger partial charge in [-0.15, -0.1) is 0 Å². The van der Waals surface area contributed by atoms with E-state index in [2.05, 4.69) is 5.32 Å². The molecule has 1 saturated heterocycles. The van der Waals surface area contributed by atoms with Crippen LogP contribution < -0.4 is 5.32 Å². The van der Waals surface area contributed by atoms with E-state index in [0.717, 1.165) is 4.90 Å². The Kier molecular flexibility index (Phi) is 6.51. The number of hydrogen-bond acceptors (Lipinski definition) is 3. The van der Waals surface area contributed by atoms with Gasteiger partial charge in [-0.3, -0.25) is 9.59 Å². The zero-order chi connectivity index (χ0) is 16.0. The summed E-state index contributed by atoms with van der Waals surface area (Å²) < 4.78 is 25.9. The van der Waals surface area contributed by atoms with Crippen LogP contribution in [-0.4, -0.2) is 53.3 Å². The Morgan fingerprint density at radius 2 is 2.05 bits per heavy atom. The zero-order valence-corrected chi connectivity index (χ0v) is 11.8. The Bertz CT molecular complexity index is 404. The number of aliphatic carboxylic acids is 1. The van der Waals surface area contributed by atoms with Gasteiger partial charge in [0.05, 0.1) is 0 Å². The molecule has 1 aliphatic rings. The number of likely N-dealkylation sites (tertiary alicyclic amines) is 1. The molecule has 6 nitrogen and oxygen atoms in total. The summed E-state index contributed by atoms with van der Waals surface area (Å²) in [5.41, 5.74) is 0. The number of carbonyl (C=O) groups excluding carboxylic acids is 2. The summed E-state index contributed by atoms with van der Waals surface area (Å²) in [4.78, 5) is 35.7. The topological polar surface area (TPSA) is 86.7 Å². The molecule has 0 radical (unpaired) electrons. The van der Waals surface area contributed by atoms with Crippen molar-refractivity contribution < 1.29 is 28.3 Å². The van der Waals surface area contributed by atoms with E-state index in [9.17, 15) is 23.2 Å². The molecule has 0 saturated carbocycles. The van der Waals surface area contributed by atoms with E-state index < -0.39 is 42.6 Å². The molecule has 8 heteroatoms. The highest BCUT2D eigenvalue weighted by Crippen LogP contribution is 2.22. The van der Waals surface area contributed by atoms with Gasteiger partial charge in [-0.1, -0.05) is 6.92 Å². The van der Waals surface area contributed by atoms with Gasteiger partial charge in [0.2, 0.25) is 11.8 Å². The molecule has 1 rings (SSSR count). The number of nitrogens with zero attached hydrogens (tertiary/aromatic N) is 1. The zero-order valence-electron chi connectivity index (χ0n) is 11.8. The summed E-state index contributed by atoms with van der Waals surface area (Å²) in [6.07, 6.45) is -2.21. The average molecular weight is 306 g/mol. The van der Waals surface area contributed by atoms with Crippen molar-refractivity contribution in [2.75, 3.05) is 13.1 Å². The van der Waals surface area contributed by atoms with E-state index in [4.69, 9.17) is 5.11 Å². The molecule has 0 aliphatic carbocycles. The van der Waals surface area contributed by atoms with Crippen molar-refractivity contribution in [1.82, 2.24) is 10.2 Å². The lowest BCUT2D eigenvalue weighted by Gasteiger charge is -2.24. The fourth-order valence-corrected chi connectivity index (χ4v) is 2.30. The molecular formula is C13H20F2N2O4. The second-order valence-corrected chi connectivity index (χ2v) is 5.02. The van der Waals surface area contributed by atoms with Gasteiger partial charge in [0.1, 0.15) is 12.0 Å². The van der Waals surface area contributed by atoms with E-state index in [-0.39, 0.29) is 13.1 Å². The highest BCUT2D eigenvalue weighted by Gasteiger charge is 2.38. The third-order valence-electron chi connectivity index (χ3n) is 3.44. The molecule has 2 atom stereocenters. The van der Waals surface area contributed by atoms with E-state index in [1.165, 1.54) is 0 Å². The Morgan fingerprint density at radius 3 is 2.57 bits per heavy atom. The fraction of sp³-hybridized carbons (Fsp3) is 0.769. The summed E-state index contributed by atoms with van der Waals surface area (Å²) >= 11 is 0. The van der Waals surface area contributed by atoms with E-state index in [0.29, 0.717) is 19.3 Å². The largest absolute Gasteiger partial charge is 0.480 e. The predicted molar refractivity (Wildman–Crippen MR) is 69.8 cm³/mol. The molecule has 1 fully saturated rings. The number of nitrogens with one attached hydrogen (secondary N) is 1. The molecule has 21 heavy (non-hydrogen) atoms. The number of hydrogen-bond donors (Lipinski definition) is 2. The molecule has 2 N–H and O–H groups in total. The lowest BCUT2D eigenvalue weighted by molar-refractivity contribution is -0.149. The van der Waals surface area contributed by atoms with Crippen LogP contribution in [0.25, 0.3) is 0 Å². The summed E-state index contributed by atoms with van der Waals surface area (Å²) in [5, 5.41) is 11.3. The van der Waals surface area contributed by atoms with Gasteiger partial charge in [0.25, 0.3) is 6.43 Å². The molecule has 0 spiro atoms. The first kappa shape index (κ1) is 17.3. The van der Waals surface area contributed by atoms with Crippen LogP contribution in [0, 0.1) is 5.92 Å². The fourth-order valence-electron chi connectivity index (χ4n) is 2.30. The maximum Gasteiger partial charge on any atom is 0.326 e. The number of alkyl halides is 2. The smallest absolute Gasteiger partial charge is 0.326 e. The van der Waals surface area contributed by atoms with Crippen molar-refractivity contribution in [3.8, 4) is 0 Å². The number of rotatable bonds is 7. The molecule has 1 heterocycles. The molecule has 120 valence electrons. The summed E-state index contributed by atoms with van der Waals surface area (Å²) in [6, 6.07) is -0.977.